The van der Waals surface area contributed by atoms with Crippen LogP contribution >= 0.6 is 0 Å². The summed E-state index contributed by atoms with van der Waals surface area (Å²) in [5.41, 5.74) is 1.88. The molecular formula is C17H18N2O3S. The van der Waals surface area contributed by atoms with Gasteiger partial charge in [-0.15, -0.1) is 0 Å². The average molecular weight is 330 g/mol. The average Bonchev–Trinajstić information content (AvgIpc) is 2.53. The Hall–Kier alpha value is -2.44. The highest BCUT2D eigenvalue weighted by Gasteiger charge is 2.06. The zero-order valence-corrected chi connectivity index (χ0v) is 13.3. The molecule has 0 aromatic heterocycles. The number of benzene rings is 2. The van der Waals surface area contributed by atoms with Crippen molar-refractivity contribution in [2.75, 3.05) is 6.54 Å². The third-order valence-electron chi connectivity index (χ3n) is 3.19. The van der Waals surface area contributed by atoms with Crippen LogP contribution in [0.1, 0.15) is 11.1 Å². The van der Waals surface area contributed by atoms with E-state index in [1.807, 2.05) is 30.3 Å². The van der Waals surface area contributed by atoms with Gasteiger partial charge in [0.15, 0.2) is 0 Å². The van der Waals surface area contributed by atoms with E-state index in [0.717, 1.165) is 11.1 Å². The van der Waals surface area contributed by atoms with Gasteiger partial charge in [-0.25, -0.2) is 13.6 Å². The summed E-state index contributed by atoms with van der Waals surface area (Å²) in [5, 5.41) is 7.81. The maximum absolute atomic E-state index is 11.7. The second-order valence-electron chi connectivity index (χ2n) is 4.97. The zero-order chi connectivity index (χ0) is 16.7. The third-order valence-corrected chi connectivity index (χ3v) is 4.12. The van der Waals surface area contributed by atoms with Crippen molar-refractivity contribution in [2.45, 2.75) is 11.3 Å². The molecule has 0 radical (unpaired) electrons. The van der Waals surface area contributed by atoms with Gasteiger partial charge in [0.05, 0.1) is 4.90 Å². The third kappa shape index (κ3) is 5.69. The Labute approximate surface area is 135 Å². The van der Waals surface area contributed by atoms with Crippen molar-refractivity contribution < 1.29 is 13.2 Å². The number of nitrogens with one attached hydrogen (secondary N) is 1. The van der Waals surface area contributed by atoms with E-state index in [2.05, 4.69) is 5.32 Å². The van der Waals surface area contributed by atoms with E-state index in [1.54, 1.807) is 18.2 Å². The summed E-state index contributed by atoms with van der Waals surface area (Å²) in [7, 11) is -3.67. The van der Waals surface area contributed by atoms with E-state index >= 15 is 0 Å². The molecule has 5 nitrogen and oxygen atoms in total. The summed E-state index contributed by atoms with van der Waals surface area (Å²) in [6.45, 7) is 0.465. The first kappa shape index (κ1) is 16.9. The summed E-state index contributed by atoms with van der Waals surface area (Å²) >= 11 is 0. The first-order valence-electron chi connectivity index (χ1n) is 7.08. The van der Waals surface area contributed by atoms with Crippen LogP contribution in [0.3, 0.4) is 0 Å². The molecule has 0 aliphatic carbocycles. The topological polar surface area (TPSA) is 89.3 Å². The lowest BCUT2D eigenvalue weighted by Gasteiger charge is -2.04. The molecule has 0 spiro atoms. The van der Waals surface area contributed by atoms with Gasteiger partial charge in [-0.05, 0) is 35.8 Å². The monoisotopic (exact) mass is 330 g/mol. The Kier molecular flexibility index (Phi) is 5.67. The van der Waals surface area contributed by atoms with Gasteiger partial charge in [-0.3, -0.25) is 4.79 Å². The molecule has 120 valence electrons. The molecular weight excluding hydrogens is 312 g/mol. The van der Waals surface area contributed by atoms with Gasteiger partial charge in [0.1, 0.15) is 0 Å². The Bertz CT molecular complexity index is 782. The minimum Gasteiger partial charge on any atom is -0.352 e. The molecule has 2 rings (SSSR count). The van der Waals surface area contributed by atoms with Crippen molar-refractivity contribution in [1.29, 1.82) is 0 Å². The summed E-state index contributed by atoms with van der Waals surface area (Å²) in [6.07, 6.45) is 3.84. The Morgan fingerprint density at radius 3 is 2.30 bits per heavy atom. The predicted molar refractivity (Wildman–Crippen MR) is 90.0 cm³/mol. The van der Waals surface area contributed by atoms with Gasteiger partial charge >= 0.3 is 0 Å². The molecule has 0 fully saturated rings. The van der Waals surface area contributed by atoms with Crippen molar-refractivity contribution >= 4 is 22.0 Å². The van der Waals surface area contributed by atoms with E-state index in [-0.39, 0.29) is 10.8 Å². The molecule has 0 atom stereocenters. The van der Waals surface area contributed by atoms with Gasteiger partial charge in [0, 0.05) is 12.6 Å². The van der Waals surface area contributed by atoms with Gasteiger partial charge in [-0.1, -0.05) is 42.5 Å². The number of primary sulfonamides is 1. The Balaban J connectivity index is 1.80. The number of hydrogen-bond acceptors (Lipinski definition) is 3. The molecule has 0 unspecified atom stereocenters. The fourth-order valence-electron chi connectivity index (χ4n) is 1.97. The highest BCUT2D eigenvalue weighted by molar-refractivity contribution is 7.89. The molecule has 0 aliphatic rings. The second kappa shape index (κ2) is 7.71. The number of rotatable bonds is 6. The predicted octanol–water partition coefficient (Wildman–Crippen LogP) is 1.71. The minimum absolute atomic E-state index is 0.0797. The molecule has 0 saturated heterocycles. The van der Waals surface area contributed by atoms with Crippen molar-refractivity contribution in [2.24, 2.45) is 5.14 Å². The summed E-state index contributed by atoms with van der Waals surface area (Å²) < 4.78 is 22.3. The van der Waals surface area contributed by atoms with E-state index in [0.29, 0.717) is 13.0 Å². The van der Waals surface area contributed by atoms with Gasteiger partial charge < -0.3 is 5.32 Å². The molecule has 0 aliphatic heterocycles. The summed E-state index contributed by atoms with van der Waals surface area (Å²) in [6, 6.07) is 15.8. The van der Waals surface area contributed by atoms with Gasteiger partial charge in [0.25, 0.3) is 0 Å². The Morgan fingerprint density at radius 1 is 1.04 bits per heavy atom. The van der Waals surface area contributed by atoms with Crippen LogP contribution in [0.25, 0.3) is 6.08 Å². The number of sulfonamides is 1. The fraction of sp³-hybridized carbons (Fsp3) is 0.118. The van der Waals surface area contributed by atoms with E-state index in [9.17, 15) is 13.2 Å². The van der Waals surface area contributed by atoms with Crippen LogP contribution in [-0.4, -0.2) is 20.9 Å². The molecule has 2 aromatic rings. The van der Waals surface area contributed by atoms with Crippen LogP contribution in [0.5, 0.6) is 0 Å². The number of nitrogens with two attached hydrogens (primary N) is 1. The van der Waals surface area contributed by atoms with Crippen LogP contribution in [0, 0.1) is 0 Å². The molecule has 3 N–H and O–H groups in total. The number of hydrogen-bond donors (Lipinski definition) is 2. The highest BCUT2D eigenvalue weighted by Crippen LogP contribution is 2.08. The molecule has 0 saturated carbocycles. The summed E-state index contributed by atoms with van der Waals surface area (Å²) in [4.78, 5) is 11.8. The van der Waals surface area contributed by atoms with Gasteiger partial charge in [-0.2, -0.15) is 0 Å². The maximum atomic E-state index is 11.7. The number of carbonyl (C=O) groups is 1. The van der Waals surface area contributed by atoms with E-state index in [1.165, 1.54) is 18.2 Å². The maximum Gasteiger partial charge on any atom is 0.244 e. The number of amides is 1. The molecule has 0 bridgehead atoms. The Morgan fingerprint density at radius 2 is 1.70 bits per heavy atom. The molecule has 0 heterocycles. The van der Waals surface area contributed by atoms with Crippen molar-refractivity contribution in [3.05, 3.63) is 71.8 Å². The second-order valence-corrected chi connectivity index (χ2v) is 6.54. The van der Waals surface area contributed by atoms with Crippen molar-refractivity contribution in [3.8, 4) is 0 Å². The summed E-state index contributed by atoms with van der Waals surface area (Å²) in [5.74, 6) is -0.171. The van der Waals surface area contributed by atoms with E-state index < -0.39 is 10.0 Å². The van der Waals surface area contributed by atoms with Crippen molar-refractivity contribution in [1.82, 2.24) is 5.32 Å². The largest absolute Gasteiger partial charge is 0.352 e. The van der Waals surface area contributed by atoms with Crippen LogP contribution in [0.2, 0.25) is 0 Å². The van der Waals surface area contributed by atoms with Crippen LogP contribution < -0.4 is 10.5 Å². The quantitative estimate of drug-likeness (QED) is 0.790. The number of carbonyl (C=O) groups excluding carboxylic acids is 1. The smallest absolute Gasteiger partial charge is 0.244 e. The molecule has 23 heavy (non-hydrogen) atoms. The SMILES string of the molecule is NS(=O)(=O)c1ccc(CCNC(=O)/C=C/c2ccccc2)cc1. The first-order valence-corrected chi connectivity index (χ1v) is 8.62. The lowest BCUT2D eigenvalue weighted by molar-refractivity contribution is -0.116. The van der Waals surface area contributed by atoms with Gasteiger partial charge in [0.2, 0.25) is 15.9 Å². The van der Waals surface area contributed by atoms with Crippen LogP contribution in [-0.2, 0) is 21.2 Å². The fourth-order valence-corrected chi connectivity index (χ4v) is 2.49. The van der Waals surface area contributed by atoms with E-state index in [4.69, 9.17) is 5.14 Å². The van der Waals surface area contributed by atoms with Crippen molar-refractivity contribution in [3.63, 3.8) is 0 Å². The highest BCUT2D eigenvalue weighted by atomic mass is 32.2. The van der Waals surface area contributed by atoms with Crippen LogP contribution in [0.15, 0.2) is 65.6 Å². The standard InChI is InChI=1S/C17H18N2O3S/c18-23(21,22)16-9-6-15(7-10-16)12-13-19-17(20)11-8-14-4-2-1-3-5-14/h1-11H,12-13H2,(H,19,20)(H2,18,21,22)/b11-8+. The lowest BCUT2D eigenvalue weighted by Crippen LogP contribution is -2.23. The minimum atomic E-state index is -3.67. The normalized spacial score (nSPS) is 11.5. The zero-order valence-electron chi connectivity index (χ0n) is 12.5. The van der Waals surface area contributed by atoms with Crippen LogP contribution in [0.4, 0.5) is 0 Å². The lowest BCUT2D eigenvalue weighted by atomic mass is 10.1. The molecule has 2 aromatic carbocycles. The molecule has 1 amide bonds. The first-order chi connectivity index (χ1) is 10.9. The molecule has 6 heteroatoms.